The molecule has 36 heavy (non-hydrogen) atoms. The number of piperidine rings is 1. The van der Waals surface area contributed by atoms with E-state index in [1.165, 1.54) is 0 Å². The van der Waals surface area contributed by atoms with Crippen LogP contribution < -0.4 is 10.1 Å². The number of likely N-dealkylation sites (tertiary alicyclic amines) is 1. The van der Waals surface area contributed by atoms with Gasteiger partial charge in [0.2, 0.25) is 11.8 Å². The highest BCUT2D eigenvalue weighted by Crippen LogP contribution is 2.31. The molecule has 0 spiro atoms. The first-order valence-corrected chi connectivity index (χ1v) is 13.8. The molecule has 1 aliphatic heterocycles. The van der Waals surface area contributed by atoms with E-state index in [2.05, 4.69) is 10.4 Å². The van der Waals surface area contributed by atoms with Crippen LogP contribution in [0.4, 0.5) is 0 Å². The summed E-state index contributed by atoms with van der Waals surface area (Å²) in [6, 6.07) is 3.37. The Balaban J connectivity index is 1.76. The molecule has 198 valence electrons. The van der Waals surface area contributed by atoms with Crippen molar-refractivity contribution in [3.8, 4) is 5.75 Å². The summed E-state index contributed by atoms with van der Waals surface area (Å²) in [5.41, 5.74) is 2.85. The van der Waals surface area contributed by atoms with Crippen LogP contribution in [-0.4, -0.2) is 61.2 Å². The molecule has 1 N–H and O–H groups in total. The Bertz CT molecular complexity index is 1260. The summed E-state index contributed by atoms with van der Waals surface area (Å²) in [7, 11) is -2.10. The molecule has 9 nitrogen and oxygen atoms in total. The Hall–Kier alpha value is -2.88. The number of aryl methyl sites for hydroxylation is 3. The van der Waals surface area contributed by atoms with E-state index >= 15 is 0 Å². The summed E-state index contributed by atoms with van der Waals surface area (Å²) in [6.45, 7) is 13.9. The fourth-order valence-corrected chi connectivity index (χ4v) is 7.19. The molecule has 0 aliphatic carbocycles. The number of ether oxygens (including phenoxy) is 1. The molecule has 1 aliphatic rings. The number of amides is 2. The SMILES string of the molecule is COc1cc(C)c(S(=O)(=O)Cc2c(C)nn(CC(=O)NC3CCN(C(C)=O)CC3(C)C)c2C)c(C)c1. The van der Waals surface area contributed by atoms with E-state index in [1.54, 1.807) is 58.5 Å². The van der Waals surface area contributed by atoms with Crippen molar-refractivity contribution in [3.05, 3.63) is 40.2 Å². The molecule has 3 rings (SSSR count). The average Bonchev–Trinajstić information content (AvgIpc) is 3.00. The summed E-state index contributed by atoms with van der Waals surface area (Å²) < 4.78 is 33.6. The third kappa shape index (κ3) is 5.74. The lowest BCUT2D eigenvalue weighted by Crippen LogP contribution is -2.56. The van der Waals surface area contributed by atoms with Gasteiger partial charge >= 0.3 is 0 Å². The molecule has 0 radical (unpaired) electrons. The number of carbonyl (C=O) groups is 2. The number of rotatable bonds is 7. The van der Waals surface area contributed by atoms with Crippen LogP contribution >= 0.6 is 0 Å². The molecular formula is C26H38N4O5S. The normalized spacial score (nSPS) is 17.7. The molecule has 10 heteroatoms. The van der Waals surface area contributed by atoms with Gasteiger partial charge in [0.15, 0.2) is 9.84 Å². The Morgan fingerprint density at radius 2 is 1.78 bits per heavy atom. The Labute approximate surface area is 214 Å². The second-order valence-electron chi connectivity index (χ2n) is 10.5. The van der Waals surface area contributed by atoms with E-state index < -0.39 is 9.84 Å². The molecule has 1 saturated heterocycles. The van der Waals surface area contributed by atoms with Gasteiger partial charge in [0, 0.05) is 42.7 Å². The highest BCUT2D eigenvalue weighted by atomic mass is 32.2. The van der Waals surface area contributed by atoms with E-state index in [0.717, 1.165) is 0 Å². The predicted octanol–water partition coefficient (Wildman–Crippen LogP) is 2.86. The van der Waals surface area contributed by atoms with Crippen molar-refractivity contribution in [2.75, 3.05) is 20.2 Å². The topological polar surface area (TPSA) is 111 Å². The maximum atomic E-state index is 13.4. The van der Waals surface area contributed by atoms with Crippen LogP contribution in [0.2, 0.25) is 0 Å². The number of aromatic nitrogens is 2. The lowest BCUT2D eigenvalue weighted by atomic mass is 9.79. The summed E-state index contributed by atoms with van der Waals surface area (Å²) in [6.07, 6.45) is 0.680. The van der Waals surface area contributed by atoms with Gasteiger partial charge in [0.05, 0.1) is 23.5 Å². The molecule has 1 aromatic heterocycles. The predicted molar refractivity (Wildman–Crippen MR) is 138 cm³/mol. The quantitative estimate of drug-likeness (QED) is 0.604. The van der Waals surface area contributed by atoms with Crippen molar-refractivity contribution in [2.45, 2.75) is 78.1 Å². The van der Waals surface area contributed by atoms with Crippen molar-refractivity contribution in [1.82, 2.24) is 20.0 Å². The number of nitrogens with one attached hydrogen (secondary N) is 1. The van der Waals surface area contributed by atoms with Gasteiger partial charge in [0.1, 0.15) is 12.3 Å². The van der Waals surface area contributed by atoms with Gasteiger partial charge in [-0.2, -0.15) is 5.10 Å². The first-order chi connectivity index (χ1) is 16.7. The second-order valence-corrected chi connectivity index (χ2v) is 12.4. The van der Waals surface area contributed by atoms with Crippen LogP contribution in [0.25, 0.3) is 0 Å². The van der Waals surface area contributed by atoms with Crippen LogP contribution in [-0.2, 0) is 31.7 Å². The fraction of sp³-hybridized carbons (Fsp3) is 0.577. The van der Waals surface area contributed by atoms with E-state index in [1.807, 2.05) is 18.7 Å². The molecule has 2 amide bonds. The lowest BCUT2D eigenvalue weighted by molar-refractivity contribution is -0.133. The van der Waals surface area contributed by atoms with Gasteiger partial charge in [-0.05, 0) is 57.4 Å². The van der Waals surface area contributed by atoms with Gasteiger partial charge < -0.3 is 15.0 Å². The second kappa shape index (κ2) is 10.2. The van der Waals surface area contributed by atoms with Crippen molar-refractivity contribution in [3.63, 3.8) is 0 Å². The zero-order chi connectivity index (χ0) is 27.0. The van der Waals surface area contributed by atoms with Gasteiger partial charge in [-0.25, -0.2) is 8.42 Å². The Morgan fingerprint density at radius 1 is 1.17 bits per heavy atom. The number of methoxy groups -OCH3 is 1. The summed E-state index contributed by atoms with van der Waals surface area (Å²) in [4.78, 5) is 26.8. The largest absolute Gasteiger partial charge is 0.497 e. The van der Waals surface area contributed by atoms with Crippen LogP contribution in [0.1, 0.15) is 55.3 Å². The Kier molecular flexibility index (Phi) is 7.88. The van der Waals surface area contributed by atoms with Crippen molar-refractivity contribution >= 4 is 21.7 Å². The number of benzene rings is 1. The first kappa shape index (κ1) is 27.7. The fourth-order valence-electron chi connectivity index (χ4n) is 5.15. The zero-order valence-electron chi connectivity index (χ0n) is 22.6. The molecule has 0 bridgehead atoms. The standard InChI is InChI=1S/C26H38N4O5S/c1-16-11-21(35-8)12-17(2)25(16)36(33,34)14-22-18(3)28-30(19(22)4)13-24(32)27-23-9-10-29(20(5)31)15-26(23,6)7/h11-12,23H,9-10,13-15H2,1-8H3,(H,27,32). The van der Waals surface area contributed by atoms with Gasteiger partial charge in [-0.15, -0.1) is 0 Å². The van der Waals surface area contributed by atoms with Crippen LogP contribution in [0.15, 0.2) is 17.0 Å². The summed E-state index contributed by atoms with van der Waals surface area (Å²) in [5.74, 6) is 0.270. The third-order valence-corrected chi connectivity index (χ3v) is 9.08. The van der Waals surface area contributed by atoms with Gasteiger partial charge in [-0.1, -0.05) is 13.8 Å². The molecule has 1 aromatic carbocycles. The van der Waals surface area contributed by atoms with Gasteiger partial charge in [-0.3, -0.25) is 14.3 Å². The van der Waals surface area contributed by atoms with E-state index in [4.69, 9.17) is 4.74 Å². The highest BCUT2D eigenvalue weighted by Gasteiger charge is 2.37. The molecule has 0 saturated carbocycles. The first-order valence-electron chi connectivity index (χ1n) is 12.1. The van der Waals surface area contributed by atoms with Crippen LogP contribution in [0.5, 0.6) is 5.75 Å². The van der Waals surface area contributed by atoms with Crippen LogP contribution in [0, 0.1) is 33.1 Å². The molecule has 1 unspecified atom stereocenters. The Morgan fingerprint density at radius 3 is 2.31 bits per heavy atom. The molecule has 2 aromatic rings. The monoisotopic (exact) mass is 518 g/mol. The summed E-state index contributed by atoms with van der Waals surface area (Å²) in [5, 5.41) is 7.59. The number of sulfone groups is 1. The highest BCUT2D eigenvalue weighted by molar-refractivity contribution is 7.90. The molecule has 1 atom stereocenters. The number of hydrogen-bond donors (Lipinski definition) is 1. The number of nitrogens with zero attached hydrogens (tertiary/aromatic N) is 3. The van der Waals surface area contributed by atoms with Crippen molar-refractivity contribution in [1.29, 1.82) is 0 Å². The maximum Gasteiger partial charge on any atom is 0.241 e. The van der Waals surface area contributed by atoms with E-state index in [-0.39, 0.29) is 35.6 Å². The minimum absolute atomic E-state index is 0.00366. The van der Waals surface area contributed by atoms with E-state index in [9.17, 15) is 18.0 Å². The van der Waals surface area contributed by atoms with Crippen LogP contribution in [0.3, 0.4) is 0 Å². The maximum absolute atomic E-state index is 13.4. The number of hydrogen-bond acceptors (Lipinski definition) is 6. The van der Waals surface area contributed by atoms with Crippen molar-refractivity contribution in [2.24, 2.45) is 5.41 Å². The molecule has 1 fully saturated rings. The third-order valence-electron chi connectivity index (χ3n) is 7.15. The van der Waals surface area contributed by atoms with E-state index in [0.29, 0.717) is 58.2 Å². The summed E-state index contributed by atoms with van der Waals surface area (Å²) >= 11 is 0. The van der Waals surface area contributed by atoms with Crippen molar-refractivity contribution < 1.29 is 22.7 Å². The minimum Gasteiger partial charge on any atom is -0.497 e. The molecular weight excluding hydrogens is 480 g/mol. The minimum atomic E-state index is -3.65. The number of carbonyl (C=O) groups excluding carboxylic acids is 2. The van der Waals surface area contributed by atoms with Gasteiger partial charge in [0.25, 0.3) is 0 Å². The molecule has 2 heterocycles. The smallest absolute Gasteiger partial charge is 0.241 e. The lowest BCUT2D eigenvalue weighted by Gasteiger charge is -2.44. The zero-order valence-corrected chi connectivity index (χ0v) is 23.4. The average molecular weight is 519 g/mol.